The molecule has 3 aliphatic rings. The van der Waals surface area contributed by atoms with Gasteiger partial charge in [0.1, 0.15) is 17.4 Å². The summed E-state index contributed by atoms with van der Waals surface area (Å²) in [4.78, 5) is 16.0. The van der Waals surface area contributed by atoms with Crippen LogP contribution >= 0.6 is 0 Å². The second kappa shape index (κ2) is 7.11. The maximum absolute atomic E-state index is 14.5. The van der Waals surface area contributed by atoms with Crippen LogP contribution in [0, 0.1) is 24.6 Å². The second-order valence-corrected chi connectivity index (χ2v) is 8.73. The van der Waals surface area contributed by atoms with Crippen LogP contribution in [0.1, 0.15) is 17.0 Å². The number of piperidine rings is 1. The van der Waals surface area contributed by atoms with Crippen LogP contribution in [0.5, 0.6) is 11.8 Å². The van der Waals surface area contributed by atoms with Gasteiger partial charge in [0, 0.05) is 43.9 Å². The summed E-state index contributed by atoms with van der Waals surface area (Å²) in [5.74, 6) is 2.02. The first-order valence-electron chi connectivity index (χ1n) is 10.8. The zero-order valence-electron chi connectivity index (χ0n) is 17.9. The van der Waals surface area contributed by atoms with Gasteiger partial charge in [-0.2, -0.15) is 9.97 Å². The van der Waals surface area contributed by atoms with E-state index in [1.54, 1.807) is 19.3 Å². The number of anilines is 2. The normalized spacial score (nSPS) is 22.4. The Balaban J connectivity index is 1.45. The molecule has 2 unspecified atom stereocenters. The Morgan fingerprint density at radius 3 is 2.72 bits per heavy atom. The standard InChI is InChI=1S/C23H24FN7O/c1-11-3-4-13(8-27-11)32-23-28-19-7-14-15(5-12(24)6-18(14)30-26-2)20(19)22(29-23)31-9-16-17(10-31)21(16)25/h3-6,8,16-17,21,26,30H,7,9-10,25H2,1-2H3. The highest BCUT2D eigenvalue weighted by atomic mass is 19.1. The summed E-state index contributed by atoms with van der Waals surface area (Å²) in [7, 11) is 1.76. The number of halogens is 1. The minimum atomic E-state index is -0.308. The van der Waals surface area contributed by atoms with E-state index in [9.17, 15) is 4.39 Å². The van der Waals surface area contributed by atoms with E-state index < -0.39 is 0 Å². The molecule has 1 aliphatic heterocycles. The zero-order valence-corrected chi connectivity index (χ0v) is 17.9. The number of nitrogens with one attached hydrogen (secondary N) is 2. The number of hydrogen-bond acceptors (Lipinski definition) is 8. The molecule has 9 heteroatoms. The van der Waals surface area contributed by atoms with Crippen molar-refractivity contribution >= 4 is 11.5 Å². The Kier molecular flexibility index (Phi) is 4.31. The summed E-state index contributed by atoms with van der Waals surface area (Å²) >= 11 is 0. The van der Waals surface area contributed by atoms with E-state index in [-0.39, 0.29) is 17.9 Å². The Bertz CT molecular complexity index is 1200. The molecule has 1 saturated carbocycles. The first-order valence-corrected chi connectivity index (χ1v) is 10.8. The molecule has 2 fully saturated rings. The number of nitrogens with two attached hydrogens (primary N) is 1. The molecule has 0 amide bonds. The number of fused-ring (bicyclic) bond motifs is 4. The van der Waals surface area contributed by atoms with Crippen molar-refractivity contribution in [1.29, 1.82) is 0 Å². The van der Waals surface area contributed by atoms with Gasteiger partial charge in [0.15, 0.2) is 0 Å². The van der Waals surface area contributed by atoms with Crippen LogP contribution < -0.4 is 26.2 Å². The molecule has 1 aromatic carbocycles. The number of aryl methyl sites for hydroxylation is 1. The fraction of sp³-hybridized carbons (Fsp3) is 0.348. The summed E-state index contributed by atoms with van der Waals surface area (Å²) < 4.78 is 20.5. The van der Waals surface area contributed by atoms with E-state index in [2.05, 4.69) is 20.7 Å². The number of nitrogens with zero attached hydrogens (tertiary/aromatic N) is 4. The third-order valence-electron chi connectivity index (χ3n) is 6.69. The minimum Gasteiger partial charge on any atom is -0.423 e. The van der Waals surface area contributed by atoms with Crippen molar-refractivity contribution in [3.05, 3.63) is 53.2 Å². The maximum atomic E-state index is 14.5. The van der Waals surface area contributed by atoms with Crippen molar-refractivity contribution in [2.75, 3.05) is 30.5 Å². The van der Waals surface area contributed by atoms with Gasteiger partial charge >= 0.3 is 6.01 Å². The molecule has 3 heterocycles. The van der Waals surface area contributed by atoms with Gasteiger partial charge in [0.25, 0.3) is 0 Å². The van der Waals surface area contributed by atoms with Crippen LogP contribution in [0.15, 0.2) is 30.5 Å². The van der Waals surface area contributed by atoms with Crippen molar-refractivity contribution in [2.45, 2.75) is 19.4 Å². The summed E-state index contributed by atoms with van der Waals surface area (Å²) in [6, 6.07) is 7.34. The Morgan fingerprint density at radius 1 is 1.19 bits per heavy atom. The first kappa shape index (κ1) is 19.4. The first-order chi connectivity index (χ1) is 15.5. The molecule has 6 rings (SSSR count). The molecule has 1 saturated heterocycles. The number of hydrogen-bond donors (Lipinski definition) is 3. The summed E-state index contributed by atoms with van der Waals surface area (Å²) in [5, 5.41) is 0. The molecular weight excluding hydrogens is 409 g/mol. The van der Waals surface area contributed by atoms with Crippen LogP contribution in [0.3, 0.4) is 0 Å². The number of pyridine rings is 1. The fourth-order valence-corrected chi connectivity index (χ4v) is 4.98. The van der Waals surface area contributed by atoms with Crippen LogP contribution in [0.2, 0.25) is 0 Å². The lowest BCUT2D eigenvalue weighted by molar-refractivity contribution is 0.438. The topological polar surface area (TPSA) is 101 Å². The number of rotatable bonds is 5. The highest BCUT2D eigenvalue weighted by Crippen LogP contribution is 2.50. The molecule has 32 heavy (non-hydrogen) atoms. The zero-order chi connectivity index (χ0) is 22.0. The highest BCUT2D eigenvalue weighted by molar-refractivity contribution is 5.88. The van der Waals surface area contributed by atoms with Crippen molar-refractivity contribution in [1.82, 2.24) is 20.4 Å². The van der Waals surface area contributed by atoms with Crippen LogP contribution in [0.4, 0.5) is 15.9 Å². The van der Waals surface area contributed by atoms with Gasteiger partial charge in [-0.25, -0.2) is 9.82 Å². The summed E-state index contributed by atoms with van der Waals surface area (Å²) in [6.07, 6.45) is 2.22. The highest BCUT2D eigenvalue weighted by Gasteiger charge is 2.54. The van der Waals surface area contributed by atoms with E-state index in [1.165, 1.54) is 6.07 Å². The van der Waals surface area contributed by atoms with E-state index >= 15 is 0 Å². The maximum Gasteiger partial charge on any atom is 0.324 e. The number of aromatic nitrogens is 3. The van der Waals surface area contributed by atoms with Gasteiger partial charge in [-0.1, -0.05) is 0 Å². The average molecular weight is 433 g/mol. The van der Waals surface area contributed by atoms with Gasteiger partial charge in [0.2, 0.25) is 0 Å². The van der Waals surface area contributed by atoms with Crippen molar-refractivity contribution in [3.63, 3.8) is 0 Å². The molecule has 0 bridgehead atoms. The quantitative estimate of drug-likeness (QED) is 0.413. The minimum absolute atomic E-state index is 0.269. The predicted molar refractivity (Wildman–Crippen MR) is 119 cm³/mol. The lowest BCUT2D eigenvalue weighted by atomic mass is 10.0. The second-order valence-electron chi connectivity index (χ2n) is 8.73. The molecule has 2 atom stereocenters. The number of hydrazine groups is 1. The average Bonchev–Trinajstić information content (AvgIpc) is 3.11. The van der Waals surface area contributed by atoms with E-state index in [4.69, 9.17) is 20.4 Å². The SMILES string of the molecule is CNNc1cc(F)cc2c1Cc1nc(Oc3ccc(C)nc3)nc(N3CC4C(N)C4C3)c1-2. The number of benzene rings is 1. The van der Waals surface area contributed by atoms with Crippen LogP contribution in [0.25, 0.3) is 11.1 Å². The van der Waals surface area contributed by atoms with Crippen molar-refractivity contribution in [3.8, 4) is 22.9 Å². The van der Waals surface area contributed by atoms with E-state index in [1.807, 2.05) is 19.1 Å². The number of ether oxygens (including phenoxy) is 1. The van der Waals surface area contributed by atoms with Gasteiger partial charge in [-0.3, -0.25) is 4.98 Å². The molecular formula is C23H24FN7O. The molecule has 3 aromatic rings. The third kappa shape index (κ3) is 3.08. The van der Waals surface area contributed by atoms with Crippen molar-refractivity contribution in [2.24, 2.45) is 17.6 Å². The third-order valence-corrected chi connectivity index (χ3v) is 6.69. The van der Waals surface area contributed by atoms with Crippen LogP contribution in [-0.4, -0.2) is 41.1 Å². The monoisotopic (exact) mass is 433 g/mol. The predicted octanol–water partition coefficient (Wildman–Crippen LogP) is 2.62. The van der Waals surface area contributed by atoms with Crippen molar-refractivity contribution < 1.29 is 9.13 Å². The van der Waals surface area contributed by atoms with E-state index in [0.717, 1.165) is 47.0 Å². The molecule has 4 N–H and O–H groups in total. The van der Waals surface area contributed by atoms with Gasteiger partial charge in [-0.05, 0) is 54.2 Å². The molecule has 2 aromatic heterocycles. The van der Waals surface area contributed by atoms with E-state index in [0.29, 0.717) is 29.7 Å². The fourth-order valence-electron chi connectivity index (χ4n) is 4.98. The molecule has 0 radical (unpaired) electrons. The lowest BCUT2D eigenvalue weighted by Crippen LogP contribution is -2.29. The molecule has 8 nitrogen and oxygen atoms in total. The van der Waals surface area contributed by atoms with Gasteiger partial charge in [-0.15, -0.1) is 0 Å². The van der Waals surface area contributed by atoms with Gasteiger partial charge < -0.3 is 20.8 Å². The smallest absolute Gasteiger partial charge is 0.324 e. The van der Waals surface area contributed by atoms with Crippen LogP contribution in [-0.2, 0) is 6.42 Å². The Hall–Kier alpha value is -3.30. The largest absolute Gasteiger partial charge is 0.423 e. The Morgan fingerprint density at radius 2 is 2.00 bits per heavy atom. The summed E-state index contributed by atoms with van der Waals surface area (Å²) in [6.45, 7) is 3.60. The summed E-state index contributed by atoms with van der Waals surface area (Å²) in [5.41, 5.74) is 17.2. The molecule has 0 spiro atoms. The molecule has 2 aliphatic carbocycles. The lowest BCUT2D eigenvalue weighted by Gasteiger charge is -2.23. The van der Waals surface area contributed by atoms with Gasteiger partial charge in [0.05, 0.1) is 17.6 Å². The Labute approximate surface area is 185 Å². The molecule has 164 valence electrons.